The minimum absolute atomic E-state index is 0.0430. The van der Waals surface area contributed by atoms with E-state index >= 15 is 0 Å². The van der Waals surface area contributed by atoms with Gasteiger partial charge in [-0.2, -0.15) is 0 Å². The zero-order valence-corrected chi connectivity index (χ0v) is 10.9. The number of nitrogens with one attached hydrogen (secondary N) is 1. The van der Waals surface area contributed by atoms with Crippen molar-refractivity contribution in [1.29, 1.82) is 0 Å². The molecule has 4 nitrogen and oxygen atoms in total. The Morgan fingerprint density at radius 3 is 2.67 bits per heavy atom. The van der Waals surface area contributed by atoms with E-state index < -0.39 is 4.92 Å². The number of nitro groups is 1. The van der Waals surface area contributed by atoms with Crippen LogP contribution in [0.25, 0.3) is 0 Å². The smallest absolute Gasteiger partial charge is 0.270 e. The molecule has 0 amide bonds. The van der Waals surface area contributed by atoms with Gasteiger partial charge in [0.25, 0.3) is 5.69 Å². The van der Waals surface area contributed by atoms with E-state index in [9.17, 15) is 10.1 Å². The van der Waals surface area contributed by atoms with Gasteiger partial charge in [-0.05, 0) is 24.5 Å². The molecule has 1 aliphatic carbocycles. The summed E-state index contributed by atoms with van der Waals surface area (Å²) in [4.78, 5) is 10.2. The van der Waals surface area contributed by atoms with Gasteiger partial charge in [0.2, 0.25) is 0 Å². The Balaban J connectivity index is 1.94. The highest BCUT2D eigenvalue weighted by Crippen LogP contribution is 2.23. The first-order valence-electron chi connectivity index (χ1n) is 6.33. The quantitative estimate of drug-likeness (QED) is 0.670. The zero-order valence-electron chi connectivity index (χ0n) is 10.2. The Kier molecular flexibility index (Phi) is 4.55. The molecule has 0 unspecified atom stereocenters. The van der Waals surface area contributed by atoms with Gasteiger partial charge < -0.3 is 5.32 Å². The number of benzene rings is 1. The monoisotopic (exact) mass is 268 g/mol. The molecule has 2 rings (SSSR count). The Morgan fingerprint density at radius 1 is 1.33 bits per heavy atom. The molecule has 1 N–H and O–H groups in total. The predicted octanol–water partition coefficient (Wildman–Crippen LogP) is 3.67. The normalized spacial score (nSPS) is 16.7. The number of nitrogens with zero attached hydrogens (tertiary/aromatic N) is 1. The van der Waals surface area contributed by atoms with Crippen molar-refractivity contribution in [2.24, 2.45) is 0 Å². The third kappa shape index (κ3) is 3.43. The maximum Gasteiger partial charge on any atom is 0.270 e. The van der Waals surface area contributed by atoms with Crippen LogP contribution in [0.2, 0.25) is 5.02 Å². The highest BCUT2D eigenvalue weighted by Gasteiger charge is 2.14. The second-order valence-electron chi connectivity index (χ2n) is 4.75. The van der Waals surface area contributed by atoms with Gasteiger partial charge in [0.15, 0.2) is 0 Å². The van der Waals surface area contributed by atoms with Gasteiger partial charge in [-0.25, -0.2) is 0 Å². The number of non-ortho nitro benzene ring substituents is 1. The van der Waals surface area contributed by atoms with Crippen LogP contribution >= 0.6 is 11.6 Å². The second kappa shape index (κ2) is 6.16. The molecule has 0 aromatic heterocycles. The predicted molar refractivity (Wildman–Crippen MR) is 71.8 cm³/mol. The summed E-state index contributed by atoms with van der Waals surface area (Å²) in [5.74, 6) is 0. The summed E-state index contributed by atoms with van der Waals surface area (Å²) in [6, 6.07) is 5.21. The van der Waals surface area contributed by atoms with Gasteiger partial charge in [0.1, 0.15) is 0 Å². The molecule has 1 saturated carbocycles. The molecule has 0 radical (unpaired) electrons. The molecule has 1 fully saturated rings. The summed E-state index contributed by atoms with van der Waals surface area (Å²) in [5, 5.41) is 14.5. The summed E-state index contributed by atoms with van der Waals surface area (Å²) in [5.41, 5.74) is 0.967. The van der Waals surface area contributed by atoms with Crippen molar-refractivity contribution >= 4 is 17.3 Å². The first-order chi connectivity index (χ1) is 8.66. The zero-order chi connectivity index (χ0) is 13.0. The van der Waals surface area contributed by atoms with Crippen molar-refractivity contribution < 1.29 is 4.92 Å². The third-order valence-corrected chi connectivity index (χ3v) is 3.79. The molecular weight excluding hydrogens is 252 g/mol. The summed E-state index contributed by atoms with van der Waals surface area (Å²) >= 11 is 6.05. The number of hydrogen-bond donors (Lipinski definition) is 1. The largest absolute Gasteiger partial charge is 0.310 e. The summed E-state index contributed by atoms with van der Waals surface area (Å²) in [6.07, 6.45) is 6.32. The fraction of sp³-hybridized carbons (Fsp3) is 0.538. The molecule has 0 atom stereocenters. The molecule has 1 aromatic rings. The molecule has 1 aromatic carbocycles. The fourth-order valence-electron chi connectivity index (χ4n) is 2.35. The molecule has 18 heavy (non-hydrogen) atoms. The van der Waals surface area contributed by atoms with Crippen molar-refractivity contribution in [3.63, 3.8) is 0 Å². The molecule has 5 heteroatoms. The maximum absolute atomic E-state index is 10.6. The Bertz CT molecular complexity index is 431. The lowest BCUT2D eigenvalue weighted by molar-refractivity contribution is -0.384. The van der Waals surface area contributed by atoms with Gasteiger partial charge in [-0.1, -0.05) is 30.9 Å². The van der Waals surface area contributed by atoms with E-state index in [2.05, 4.69) is 5.32 Å². The van der Waals surface area contributed by atoms with Crippen molar-refractivity contribution in [1.82, 2.24) is 5.32 Å². The molecule has 0 bridgehead atoms. The Hall–Kier alpha value is -1.13. The molecule has 0 spiro atoms. The topological polar surface area (TPSA) is 55.2 Å². The van der Waals surface area contributed by atoms with Crippen LogP contribution in [0.1, 0.15) is 37.7 Å². The molecule has 1 aliphatic rings. The highest BCUT2D eigenvalue weighted by molar-refractivity contribution is 6.31. The molecule has 0 heterocycles. The molecule has 98 valence electrons. The van der Waals surface area contributed by atoms with E-state index in [0.29, 0.717) is 17.6 Å². The van der Waals surface area contributed by atoms with Crippen LogP contribution in [-0.2, 0) is 6.54 Å². The van der Waals surface area contributed by atoms with Gasteiger partial charge >= 0.3 is 0 Å². The lowest BCUT2D eigenvalue weighted by Gasteiger charge is -2.23. The van der Waals surface area contributed by atoms with Gasteiger partial charge in [-0.3, -0.25) is 10.1 Å². The average molecular weight is 269 g/mol. The van der Waals surface area contributed by atoms with E-state index in [-0.39, 0.29) is 5.69 Å². The fourth-order valence-corrected chi connectivity index (χ4v) is 2.60. The van der Waals surface area contributed by atoms with E-state index in [0.717, 1.165) is 5.56 Å². The lowest BCUT2D eigenvalue weighted by atomic mass is 9.95. The van der Waals surface area contributed by atoms with Crippen molar-refractivity contribution in [3.8, 4) is 0 Å². The maximum atomic E-state index is 10.6. The van der Waals surface area contributed by atoms with Crippen molar-refractivity contribution in [2.45, 2.75) is 44.7 Å². The van der Waals surface area contributed by atoms with E-state index in [1.807, 2.05) is 0 Å². The Morgan fingerprint density at radius 2 is 2.06 bits per heavy atom. The summed E-state index contributed by atoms with van der Waals surface area (Å²) in [6.45, 7) is 0.682. The van der Waals surface area contributed by atoms with Gasteiger partial charge in [0, 0.05) is 24.7 Å². The highest BCUT2D eigenvalue weighted by atomic mass is 35.5. The SMILES string of the molecule is O=[N+]([O-])c1ccc(CNC2CCCCC2)c(Cl)c1. The third-order valence-electron chi connectivity index (χ3n) is 3.43. The first-order valence-corrected chi connectivity index (χ1v) is 6.71. The minimum atomic E-state index is -0.426. The van der Waals surface area contributed by atoms with Crippen molar-refractivity contribution in [3.05, 3.63) is 38.9 Å². The van der Waals surface area contributed by atoms with Crippen LogP contribution in [0.15, 0.2) is 18.2 Å². The van der Waals surface area contributed by atoms with Crippen LogP contribution in [0.4, 0.5) is 5.69 Å². The van der Waals surface area contributed by atoms with Crippen LogP contribution in [0.3, 0.4) is 0 Å². The van der Waals surface area contributed by atoms with E-state index in [1.165, 1.54) is 44.2 Å². The molecule has 0 aliphatic heterocycles. The second-order valence-corrected chi connectivity index (χ2v) is 5.16. The number of halogens is 1. The van der Waals surface area contributed by atoms with Crippen LogP contribution in [-0.4, -0.2) is 11.0 Å². The number of hydrogen-bond acceptors (Lipinski definition) is 3. The van der Waals surface area contributed by atoms with E-state index in [4.69, 9.17) is 11.6 Å². The number of nitro benzene ring substituents is 1. The summed E-state index contributed by atoms with van der Waals surface area (Å²) < 4.78 is 0. The Labute approximate surface area is 111 Å². The number of rotatable bonds is 4. The van der Waals surface area contributed by atoms with Crippen molar-refractivity contribution in [2.75, 3.05) is 0 Å². The van der Waals surface area contributed by atoms with Gasteiger partial charge in [-0.15, -0.1) is 0 Å². The van der Waals surface area contributed by atoms with E-state index in [1.54, 1.807) is 6.07 Å². The van der Waals surface area contributed by atoms with Crippen LogP contribution in [0, 0.1) is 10.1 Å². The minimum Gasteiger partial charge on any atom is -0.310 e. The van der Waals surface area contributed by atoms with Crippen LogP contribution in [0.5, 0.6) is 0 Å². The summed E-state index contributed by atoms with van der Waals surface area (Å²) in [7, 11) is 0. The lowest BCUT2D eigenvalue weighted by Crippen LogP contribution is -2.30. The molecular formula is C13H17ClN2O2. The standard InChI is InChI=1S/C13H17ClN2O2/c14-13-8-12(16(17)18)7-6-10(13)9-15-11-4-2-1-3-5-11/h6-8,11,15H,1-5,9H2. The van der Waals surface area contributed by atoms with Gasteiger partial charge in [0.05, 0.1) is 9.95 Å². The first kappa shape index (κ1) is 13.3. The van der Waals surface area contributed by atoms with Crippen LogP contribution < -0.4 is 5.32 Å². The molecule has 0 saturated heterocycles. The average Bonchev–Trinajstić information content (AvgIpc) is 2.38.